The molecule has 27 heavy (non-hydrogen) atoms. The van der Waals surface area contributed by atoms with E-state index in [1.54, 1.807) is 23.5 Å². The van der Waals surface area contributed by atoms with Crippen molar-refractivity contribution >= 4 is 33.0 Å². The van der Waals surface area contributed by atoms with Crippen LogP contribution in [0.5, 0.6) is 0 Å². The number of sulfonamides is 1. The molecule has 8 heteroatoms. The van der Waals surface area contributed by atoms with Crippen LogP contribution in [0.3, 0.4) is 0 Å². The molecule has 1 aromatic heterocycles. The molecule has 0 saturated carbocycles. The van der Waals surface area contributed by atoms with E-state index < -0.39 is 10.0 Å². The normalized spacial score (nSPS) is 17.9. The zero-order valence-electron chi connectivity index (χ0n) is 15.5. The van der Waals surface area contributed by atoms with Crippen LogP contribution in [-0.2, 0) is 16.4 Å². The SMILES string of the molecule is CN1CCN(C(CNS(=O)(=O)c2ccc(CCCl)cc2)c2cccs2)CC1. The van der Waals surface area contributed by atoms with Gasteiger partial charge < -0.3 is 4.90 Å². The number of aryl methyl sites for hydroxylation is 1. The summed E-state index contributed by atoms with van der Waals surface area (Å²) in [5.74, 6) is 0.526. The molecule has 0 radical (unpaired) electrons. The van der Waals surface area contributed by atoms with E-state index >= 15 is 0 Å². The van der Waals surface area contributed by atoms with Crippen molar-refractivity contribution in [3.05, 3.63) is 52.2 Å². The molecule has 1 aromatic carbocycles. The monoisotopic (exact) mass is 427 g/mol. The predicted molar refractivity (Wildman–Crippen MR) is 112 cm³/mol. The molecule has 1 fully saturated rings. The summed E-state index contributed by atoms with van der Waals surface area (Å²) in [5.41, 5.74) is 1.04. The lowest BCUT2D eigenvalue weighted by molar-refractivity contribution is 0.114. The van der Waals surface area contributed by atoms with Crippen LogP contribution in [0.4, 0.5) is 0 Å². The molecule has 0 spiro atoms. The number of rotatable bonds is 8. The first-order valence-electron chi connectivity index (χ1n) is 9.10. The predicted octanol–water partition coefficient (Wildman–Crippen LogP) is 2.80. The summed E-state index contributed by atoms with van der Waals surface area (Å²) in [7, 11) is -1.42. The van der Waals surface area contributed by atoms with Gasteiger partial charge in [0.15, 0.2) is 0 Å². The third-order valence-corrected chi connectivity index (χ3v) is 7.54. The van der Waals surface area contributed by atoms with E-state index in [0.717, 1.165) is 38.2 Å². The number of likely N-dealkylation sites (N-methyl/N-ethyl adjacent to an activating group) is 1. The molecule has 2 heterocycles. The Morgan fingerprint density at radius 3 is 2.44 bits per heavy atom. The molecule has 0 bridgehead atoms. The maximum atomic E-state index is 12.7. The van der Waals surface area contributed by atoms with Gasteiger partial charge in [0.1, 0.15) is 0 Å². The lowest BCUT2D eigenvalue weighted by Gasteiger charge is -2.37. The molecule has 1 aliphatic heterocycles. The van der Waals surface area contributed by atoms with E-state index in [1.165, 1.54) is 4.88 Å². The number of nitrogens with one attached hydrogen (secondary N) is 1. The van der Waals surface area contributed by atoms with Gasteiger partial charge in [-0.05, 0) is 42.6 Å². The van der Waals surface area contributed by atoms with Gasteiger partial charge in [-0.15, -0.1) is 22.9 Å². The number of halogens is 1. The molecular formula is C19H26ClN3O2S2. The Bertz CT molecular complexity index is 802. The second kappa shape index (κ2) is 9.49. The second-order valence-electron chi connectivity index (χ2n) is 6.81. The Labute approximate surface area is 171 Å². The van der Waals surface area contributed by atoms with Crippen LogP contribution in [0.2, 0.25) is 0 Å². The highest BCUT2D eigenvalue weighted by atomic mass is 35.5. The van der Waals surface area contributed by atoms with Crippen LogP contribution >= 0.6 is 22.9 Å². The first-order valence-corrected chi connectivity index (χ1v) is 12.0. The van der Waals surface area contributed by atoms with Crippen LogP contribution in [0.15, 0.2) is 46.7 Å². The first kappa shape index (κ1) is 20.8. The molecule has 3 rings (SSSR count). The van der Waals surface area contributed by atoms with Crippen molar-refractivity contribution in [3.8, 4) is 0 Å². The van der Waals surface area contributed by atoms with Gasteiger partial charge in [-0.1, -0.05) is 18.2 Å². The lowest BCUT2D eigenvalue weighted by Crippen LogP contribution is -2.48. The van der Waals surface area contributed by atoms with Gasteiger partial charge in [0, 0.05) is 43.5 Å². The quantitative estimate of drug-likeness (QED) is 0.658. The highest BCUT2D eigenvalue weighted by molar-refractivity contribution is 7.89. The van der Waals surface area contributed by atoms with E-state index in [0.29, 0.717) is 17.3 Å². The van der Waals surface area contributed by atoms with Crippen molar-refractivity contribution in [1.29, 1.82) is 0 Å². The van der Waals surface area contributed by atoms with Crippen molar-refractivity contribution in [2.75, 3.05) is 45.7 Å². The molecule has 1 N–H and O–H groups in total. The van der Waals surface area contributed by atoms with Crippen molar-refractivity contribution in [3.63, 3.8) is 0 Å². The fraction of sp³-hybridized carbons (Fsp3) is 0.474. The van der Waals surface area contributed by atoms with Crippen LogP contribution in [0.25, 0.3) is 0 Å². The zero-order valence-corrected chi connectivity index (χ0v) is 17.9. The number of piperazine rings is 1. The van der Waals surface area contributed by atoms with Crippen molar-refractivity contribution < 1.29 is 8.42 Å². The lowest BCUT2D eigenvalue weighted by atomic mass is 10.2. The summed E-state index contributed by atoms with van der Waals surface area (Å²) in [4.78, 5) is 6.16. The van der Waals surface area contributed by atoms with E-state index in [1.807, 2.05) is 23.6 Å². The topological polar surface area (TPSA) is 52.6 Å². The van der Waals surface area contributed by atoms with Crippen molar-refractivity contribution in [2.45, 2.75) is 17.4 Å². The van der Waals surface area contributed by atoms with Gasteiger partial charge in [-0.2, -0.15) is 0 Å². The highest BCUT2D eigenvalue weighted by Gasteiger charge is 2.26. The summed E-state index contributed by atoms with van der Waals surface area (Å²) < 4.78 is 28.3. The average molecular weight is 428 g/mol. The van der Waals surface area contributed by atoms with Gasteiger partial charge in [-0.3, -0.25) is 4.90 Å². The third-order valence-electron chi connectivity index (χ3n) is 4.93. The number of benzene rings is 1. The molecule has 1 atom stereocenters. The van der Waals surface area contributed by atoms with E-state index in [9.17, 15) is 8.42 Å². The zero-order chi connectivity index (χ0) is 19.3. The highest BCUT2D eigenvalue weighted by Crippen LogP contribution is 2.26. The van der Waals surface area contributed by atoms with Crippen LogP contribution in [0.1, 0.15) is 16.5 Å². The van der Waals surface area contributed by atoms with Crippen molar-refractivity contribution in [2.24, 2.45) is 0 Å². The van der Waals surface area contributed by atoms with Crippen LogP contribution in [0, 0.1) is 0 Å². The van der Waals surface area contributed by atoms with Gasteiger partial charge in [0.05, 0.1) is 10.9 Å². The first-order chi connectivity index (χ1) is 13.0. The van der Waals surface area contributed by atoms with Gasteiger partial charge in [0.25, 0.3) is 0 Å². The maximum Gasteiger partial charge on any atom is 0.240 e. The van der Waals surface area contributed by atoms with E-state index in [4.69, 9.17) is 11.6 Å². The summed E-state index contributed by atoms with van der Waals surface area (Å²) in [6.45, 7) is 4.24. The smallest absolute Gasteiger partial charge is 0.240 e. The Kier molecular flexibility index (Phi) is 7.30. The van der Waals surface area contributed by atoms with Gasteiger partial charge in [-0.25, -0.2) is 13.1 Å². The second-order valence-corrected chi connectivity index (χ2v) is 9.93. The summed E-state index contributed by atoms with van der Waals surface area (Å²) in [6.07, 6.45) is 0.735. The van der Waals surface area contributed by atoms with Crippen LogP contribution < -0.4 is 4.72 Å². The third kappa shape index (κ3) is 5.53. The fourth-order valence-electron chi connectivity index (χ4n) is 3.24. The summed E-state index contributed by atoms with van der Waals surface area (Å²) in [5, 5.41) is 2.04. The molecule has 1 aliphatic rings. The minimum absolute atomic E-state index is 0.0593. The van der Waals surface area contributed by atoms with E-state index in [2.05, 4.69) is 27.6 Å². The molecule has 0 amide bonds. The Morgan fingerprint density at radius 2 is 1.85 bits per heavy atom. The van der Waals surface area contributed by atoms with Crippen LogP contribution in [-0.4, -0.2) is 63.9 Å². The minimum atomic E-state index is -3.54. The Morgan fingerprint density at radius 1 is 1.15 bits per heavy atom. The molecule has 5 nitrogen and oxygen atoms in total. The number of hydrogen-bond acceptors (Lipinski definition) is 5. The Hall–Kier alpha value is -0.960. The Balaban J connectivity index is 1.70. The molecule has 1 unspecified atom stereocenters. The van der Waals surface area contributed by atoms with Gasteiger partial charge >= 0.3 is 0 Å². The molecule has 2 aromatic rings. The number of nitrogens with zero attached hydrogens (tertiary/aromatic N) is 2. The molecule has 148 valence electrons. The average Bonchev–Trinajstić information content (AvgIpc) is 3.18. The minimum Gasteiger partial charge on any atom is -0.304 e. The number of hydrogen-bond donors (Lipinski definition) is 1. The number of alkyl halides is 1. The molecular weight excluding hydrogens is 402 g/mol. The van der Waals surface area contributed by atoms with Crippen molar-refractivity contribution in [1.82, 2.24) is 14.5 Å². The molecule has 1 saturated heterocycles. The largest absolute Gasteiger partial charge is 0.304 e. The summed E-state index contributed by atoms with van der Waals surface area (Å²) >= 11 is 7.42. The molecule has 0 aliphatic carbocycles. The standard InChI is InChI=1S/C19H26ClN3O2S2/c1-22-10-12-23(13-11-22)18(19-3-2-14-26-19)15-21-27(24,25)17-6-4-16(5-7-17)8-9-20/h2-7,14,18,21H,8-13,15H2,1H3. The van der Waals surface area contributed by atoms with Gasteiger partial charge in [0.2, 0.25) is 10.0 Å². The maximum absolute atomic E-state index is 12.7. The summed E-state index contributed by atoms with van der Waals surface area (Å²) in [6, 6.07) is 11.1. The number of thiophene rings is 1. The van der Waals surface area contributed by atoms with E-state index in [-0.39, 0.29) is 6.04 Å². The fourth-order valence-corrected chi connectivity index (χ4v) is 5.36.